The molecule has 30 fully saturated rings. The number of carboxylic acids is 4. The average Bonchev–Trinajstić information content (AvgIpc) is 0.770. The van der Waals surface area contributed by atoms with Gasteiger partial charge in [0.2, 0.25) is 0 Å². The molecule has 16 bridgehead atoms. The van der Waals surface area contributed by atoms with E-state index < -0.39 is 282 Å². The van der Waals surface area contributed by atoms with Gasteiger partial charge in [0.1, 0.15) is 146 Å². The molecule has 0 amide bonds. The summed E-state index contributed by atoms with van der Waals surface area (Å²) in [5.41, 5.74) is 0. The van der Waals surface area contributed by atoms with E-state index in [4.69, 9.17) is 75.8 Å². The van der Waals surface area contributed by atoms with Crippen LogP contribution in [0.5, 0.6) is 0 Å². The Kier molecular flexibility index (Phi) is 43.6. The number of aliphatic hydroxyl groups is 16. The third-order valence-corrected chi connectivity index (χ3v) is 30.2. The molecule has 40 atom stereocenters. The largest absolute Gasteiger partial charge is 0.481 e. The lowest BCUT2D eigenvalue weighted by Gasteiger charge is -2.51. The maximum absolute atomic E-state index is 12.3. The number of hydrogen-bond donors (Lipinski definition) is 20. The first-order valence-electron chi connectivity index (χ1n) is 40.2. The van der Waals surface area contributed by atoms with Crippen LogP contribution in [0.25, 0.3) is 0 Å². The number of rotatable bonds is 36. The summed E-state index contributed by atoms with van der Waals surface area (Å²) >= 11 is 9.18. The van der Waals surface area contributed by atoms with Gasteiger partial charge in [-0.15, -0.1) is 0 Å². The van der Waals surface area contributed by atoms with Crippen LogP contribution in [0, 0.1) is 0 Å². The molecule has 0 radical (unpaired) electrons. The smallest absolute Gasteiger partial charge is 0.304 e. The Morgan fingerprint density at radius 1 is 0.192 bits per heavy atom. The zero-order valence-electron chi connectivity index (χ0n) is 66.4. The topological polar surface area (TPSA) is 621 Å². The molecule has 20 N–H and O–H groups in total. The Hall–Kier alpha value is -0.600. The minimum atomic E-state index is -2.24. The Bertz CT molecular complexity index is 2990. The second-order valence-corrected chi connectivity index (χ2v) is 39.4. The third kappa shape index (κ3) is 27.8. The Morgan fingerprint density at radius 3 is 0.417 bits per heavy atom. The zero-order chi connectivity index (χ0) is 87.3. The van der Waals surface area contributed by atoms with Crippen molar-refractivity contribution in [2.24, 2.45) is 0 Å². The molecule has 0 aromatic carbocycles. The van der Waals surface area contributed by atoms with Crippen molar-refractivity contribution < 1.29 is 197 Å². The van der Waals surface area contributed by atoms with Crippen LogP contribution in [0.3, 0.4) is 0 Å². The van der Waals surface area contributed by atoms with Gasteiger partial charge in [0.15, 0.2) is 50.3 Å². The maximum Gasteiger partial charge on any atom is 0.304 e. The van der Waals surface area contributed by atoms with Crippen molar-refractivity contribution in [2.45, 2.75) is 325 Å². The van der Waals surface area contributed by atoms with Crippen molar-refractivity contribution in [3.05, 3.63) is 0 Å². The van der Waals surface area contributed by atoms with Crippen molar-refractivity contribution in [2.75, 3.05) is 92.0 Å². The van der Waals surface area contributed by atoms with Crippen LogP contribution in [-0.2, 0) is 95.0 Å². The molecule has 0 aromatic heterocycles. The van der Waals surface area contributed by atoms with E-state index in [1.165, 1.54) is 47.0 Å². The summed E-state index contributed by atoms with van der Waals surface area (Å²) in [7, 11) is 0. The van der Waals surface area contributed by atoms with Gasteiger partial charge in [0.05, 0.1) is 74.5 Å². The van der Waals surface area contributed by atoms with Gasteiger partial charge in [-0.25, -0.2) is 0 Å². The van der Waals surface area contributed by atoms with Gasteiger partial charge < -0.3 is 178 Å². The van der Waals surface area contributed by atoms with Gasteiger partial charge in [-0.2, -0.15) is 94.1 Å². The van der Waals surface area contributed by atoms with E-state index >= 15 is 0 Å². The van der Waals surface area contributed by atoms with E-state index in [0.717, 1.165) is 47.0 Å². The molecular formula is C72H120O40S8. The van der Waals surface area contributed by atoms with Gasteiger partial charge in [-0.1, -0.05) is 27.7 Å². The molecule has 40 nitrogen and oxygen atoms in total. The highest BCUT2D eigenvalue weighted by molar-refractivity contribution is 8.00. The van der Waals surface area contributed by atoms with E-state index in [9.17, 15) is 121 Å². The van der Waals surface area contributed by atoms with Gasteiger partial charge in [0.25, 0.3) is 0 Å². The molecule has 30 aliphatic heterocycles. The zero-order valence-corrected chi connectivity index (χ0v) is 73.0. The molecule has 696 valence electrons. The van der Waals surface area contributed by atoms with Crippen LogP contribution in [0.4, 0.5) is 0 Å². The molecule has 0 saturated carbocycles. The van der Waals surface area contributed by atoms with Crippen LogP contribution < -0.4 is 0 Å². The summed E-state index contributed by atoms with van der Waals surface area (Å²) in [6.07, 6.45) is -73.0. The Balaban J connectivity index is 1.09. The summed E-state index contributed by atoms with van der Waals surface area (Å²) in [6, 6.07) is 0. The van der Waals surface area contributed by atoms with Gasteiger partial charge in [-0.3, -0.25) is 19.2 Å². The standard InChI is InChI=1S/C72H120O40S8/c1-5-13-113-21-29-57-42(82)50(90)66(98-29)107-59-31(23-115-15-7-3)100-68(52(92)44(59)84)109-61-33(25-117-17-9-37(73)74)102-70(54(94)46(61)86)111-63-35(27-119-19-11-39(77)78)104-72(56(96)48(63)88)112-64-36(28-120-20-12-40(79)80)103-71(55(95)47(64)87)110-62-34(26-118-18-10-38(75)76)101-69(53(93)45(62)85)108-60-32(24-116-16-8-4)99-67(51(91)43(60)83)106-58-30(22-114-14-6-2)97-65(105-57)49(89)41(58)81/h29-36,41-72,81-96H,5-28H2,1-4H3,(H,73,74)(H,75,76)(H,77,78)(H,79,80)/t29?,30?,31?,32?,33?,34?,35?,36?,41-,42-,43-,44-,45-,46-,47-,48-,49?,50?,51?,52?,53?,54?,55?,56?,57-,58-,59-,60-,61-,62-,63-,64-,65-,66+,67+,68-,69+,70-,71-,72-/m1/s1. The highest BCUT2D eigenvalue weighted by Gasteiger charge is 2.61. The first kappa shape index (κ1) is 103. The van der Waals surface area contributed by atoms with E-state index in [0.29, 0.717) is 48.7 Å². The normalized spacial score (nSPS) is 43.6. The van der Waals surface area contributed by atoms with Crippen molar-refractivity contribution >= 4 is 118 Å². The van der Waals surface area contributed by atoms with Crippen molar-refractivity contribution in [1.82, 2.24) is 0 Å². The average molecular weight is 1880 g/mol. The monoisotopic (exact) mass is 1880 g/mol. The maximum atomic E-state index is 12.3. The van der Waals surface area contributed by atoms with Crippen LogP contribution in [-0.4, -0.2) is 464 Å². The molecule has 48 heteroatoms. The molecule has 30 rings (SSSR count). The fourth-order valence-electron chi connectivity index (χ4n) is 14.6. The minimum Gasteiger partial charge on any atom is -0.481 e. The lowest BCUT2D eigenvalue weighted by Crippen LogP contribution is -2.69. The second kappa shape index (κ2) is 50.7. The number of aliphatic carboxylic acids is 4. The molecule has 120 heavy (non-hydrogen) atoms. The minimum absolute atomic E-state index is 0.0129. The van der Waals surface area contributed by atoms with Crippen molar-refractivity contribution in [3.8, 4) is 0 Å². The van der Waals surface area contributed by atoms with Gasteiger partial charge >= 0.3 is 23.9 Å². The highest BCUT2D eigenvalue weighted by atomic mass is 32.2. The first-order valence-corrected chi connectivity index (χ1v) is 49.4. The molecule has 16 unspecified atom stereocenters. The molecule has 30 heterocycles. The van der Waals surface area contributed by atoms with Crippen LogP contribution in [0.1, 0.15) is 79.1 Å². The summed E-state index contributed by atoms with van der Waals surface area (Å²) in [4.78, 5) is 47.1. The number of thioether (sulfide) groups is 8. The molecule has 30 saturated heterocycles. The van der Waals surface area contributed by atoms with Crippen LogP contribution >= 0.6 is 94.1 Å². The predicted octanol–water partition coefficient (Wildman–Crippen LogP) is -3.94. The number of ether oxygens (including phenoxy) is 16. The number of carbonyl (C=O) groups is 4. The SMILES string of the molecule is CCCSCC1O[C@@H]2O[C@@H]3C(CSCCC(=O)O)O[C@H](O[C@@H]4C(CSCCC(=O)O)O[C@H](O[C@@H]5C(CSCCC(=O)O)O[C@H](O[C@@H]6C(CSCCC(=O)O)O[C@@H](O[C@@H]7C(CSCCC)O[C@@H](O[C@@H]8C(CSCCC)O[C@H](O[C@@H]9C(CSCCC)O[C@@H](O[C@H]1[C@H](O)C2O)C(O)[C@H]9O)C(O)[C@H]8O)C(O)[C@H]7O)C(O)[C@H]6O)C(O)[C@H]5O)C(O)[C@H]4O)C(O)[C@H]3O. The molecular weight excluding hydrogens is 1760 g/mol. The number of aliphatic hydroxyl groups excluding tert-OH is 16. The Labute approximate surface area is 727 Å². The van der Waals surface area contributed by atoms with Crippen molar-refractivity contribution in [1.29, 1.82) is 0 Å². The summed E-state index contributed by atoms with van der Waals surface area (Å²) < 4.78 is 102. The lowest BCUT2D eigenvalue weighted by atomic mass is 9.95. The third-order valence-electron chi connectivity index (χ3n) is 20.9. The molecule has 0 aliphatic carbocycles. The molecule has 30 aliphatic rings. The van der Waals surface area contributed by atoms with Crippen LogP contribution in [0.15, 0.2) is 0 Å². The quantitative estimate of drug-likeness (QED) is 0.0266. The van der Waals surface area contributed by atoms with Crippen molar-refractivity contribution in [3.63, 3.8) is 0 Å². The fourth-order valence-corrected chi connectivity index (χ4v) is 22.4. The number of hydrogen-bond acceptors (Lipinski definition) is 44. The van der Waals surface area contributed by atoms with Crippen LogP contribution in [0.2, 0.25) is 0 Å². The van der Waals surface area contributed by atoms with E-state index in [1.807, 2.05) is 27.7 Å². The summed E-state index contributed by atoms with van der Waals surface area (Å²) in [5.74, 6) is -4.10. The van der Waals surface area contributed by atoms with Gasteiger partial charge in [-0.05, 0) is 48.7 Å². The molecule has 0 spiro atoms. The lowest BCUT2D eigenvalue weighted by molar-refractivity contribution is -0.396. The fraction of sp³-hybridized carbons (Fsp3) is 0.944. The first-order chi connectivity index (χ1) is 57.3. The second-order valence-electron chi connectivity index (χ2n) is 30.2. The van der Waals surface area contributed by atoms with E-state index in [2.05, 4.69) is 0 Å². The summed E-state index contributed by atoms with van der Waals surface area (Å²) in [6.45, 7) is 7.61. The van der Waals surface area contributed by atoms with Gasteiger partial charge in [0, 0.05) is 69.0 Å². The van der Waals surface area contributed by atoms with E-state index in [1.54, 1.807) is 0 Å². The highest BCUT2D eigenvalue weighted by Crippen LogP contribution is 2.43. The Morgan fingerprint density at radius 2 is 0.308 bits per heavy atom. The predicted molar refractivity (Wildman–Crippen MR) is 433 cm³/mol. The van der Waals surface area contributed by atoms with E-state index in [-0.39, 0.29) is 81.9 Å². The summed E-state index contributed by atoms with van der Waals surface area (Å²) in [5, 5.41) is 234. The number of carboxylic acid groups (broad SMARTS) is 4. The molecule has 0 aromatic rings.